The molecule has 0 spiro atoms. The number of likely N-dealkylation sites (N-methyl/N-ethyl adjacent to an activating group) is 1. The van der Waals surface area contributed by atoms with Crippen LogP contribution in [0.15, 0.2) is 36.7 Å². The number of carboxylic acids is 1. The Hall–Kier alpha value is -2.50. The number of hydrogen-bond acceptors (Lipinski definition) is 5. The lowest BCUT2D eigenvalue weighted by Crippen LogP contribution is -2.26. The lowest BCUT2D eigenvalue weighted by molar-refractivity contribution is -0.135. The molecule has 2 heterocycles. The number of carbonyl (C=O) groups is 1. The molecule has 0 fully saturated rings. The Morgan fingerprint density at radius 2 is 2.11 bits per heavy atom. The van der Waals surface area contributed by atoms with E-state index >= 15 is 0 Å². The fourth-order valence-corrected chi connectivity index (χ4v) is 1.46. The maximum atomic E-state index is 10.6. The van der Waals surface area contributed by atoms with Crippen molar-refractivity contribution in [3.05, 3.63) is 36.7 Å². The van der Waals surface area contributed by atoms with Crippen molar-refractivity contribution in [1.29, 1.82) is 0 Å². The summed E-state index contributed by atoms with van der Waals surface area (Å²) in [6.45, 7) is -0.112. The maximum Gasteiger partial charge on any atom is 0.323 e. The van der Waals surface area contributed by atoms with Crippen molar-refractivity contribution >= 4 is 11.8 Å². The van der Waals surface area contributed by atoms with Gasteiger partial charge in [-0.1, -0.05) is 6.07 Å². The molecule has 0 aliphatic rings. The van der Waals surface area contributed by atoms with Crippen molar-refractivity contribution in [3.63, 3.8) is 0 Å². The molecule has 1 N–H and O–H groups in total. The van der Waals surface area contributed by atoms with E-state index in [1.165, 1.54) is 4.90 Å². The Bertz CT molecular complexity index is 545. The molecule has 92 valence electrons. The third-order valence-corrected chi connectivity index (χ3v) is 2.30. The van der Waals surface area contributed by atoms with Gasteiger partial charge in [-0.2, -0.15) is 0 Å². The lowest BCUT2D eigenvalue weighted by atomic mass is 10.3. The van der Waals surface area contributed by atoms with Gasteiger partial charge in [-0.25, -0.2) is 9.97 Å². The number of pyridine rings is 1. The fraction of sp³-hybridized carbons (Fsp3) is 0.167. The predicted molar refractivity (Wildman–Crippen MR) is 66.2 cm³/mol. The Balaban J connectivity index is 2.28. The maximum absolute atomic E-state index is 10.6. The van der Waals surface area contributed by atoms with Crippen LogP contribution in [0.3, 0.4) is 0 Å². The zero-order valence-electron chi connectivity index (χ0n) is 9.82. The number of hydrogen-bond donors (Lipinski definition) is 1. The molecule has 2 aromatic rings. The van der Waals surface area contributed by atoms with Crippen LogP contribution in [0.1, 0.15) is 0 Å². The van der Waals surface area contributed by atoms with E-state index in [0.29, 0.717) is 17.3 Å². The van der Waals surface area contributed by atoms with E-state index in [1.807, 2.05) is 12.1 Å². The highest BCUT2D eigenvalue weighted by atomic mass is 16.4. The average molecular weight is 244 g/mol. The minimum Gasteiger partial charge on any atom is -0.480 e. The first-order valence-corrected chi connectivity index (χ1v) is 5.34. The van der Waals surface area contributed by atoms with Crippen molar-refractivity contribution < 1.29 is 9.90 Å². The van der Waals surface area contributed by atoms with Crippen LogP contribution in [0.5, 0.6) is 0 Å². The Kier molecular flexibility index (Phi) is 3.47. The summed E-state index contributed by atoms with van der Waals surface area (Å²) in [5.74, 6) is 0.119. The summed E-state index contributed by atoms with van der Waals surface area (Å²) in [7, 11) is 1.67. The van der Waals surface area contributed by atoms with Gasteiger partial charge in [0, 0.05) is 19.4 Å². The molecule has 0 aliphatic carbocycles. The van der Waals surface area contributed by atoms with Crippen LogP contribution < -0.4 is 4.90 Å². The highest BCUT2D eigenvalue weighted by molar-refractivity contribution is 5.73. The number of anilines is 1. The monoisotopic (exact) mass is 244 g/mol. The van der Waals surface area contributed by atoms with Crippen molar-refractivity contribution in [1.82, 2.24) is 15.0 Å². The standard InChI is InChI=1S/C12H12N4O2/c1-16(8-11(17)18)10-5-7-14-12(15-10)9-4-2-3-6-13-9/h2-7H,8H2,1H3,(H,17,18). The van der Waals surface area contributed by atoms with Crippen molar-refractivity contribution in [2.24, 2.45) is 0 Å². The van der Waals surface area contributed by atoms with Gasteiger partial charge in [0.1, 0.15) is 18.1 Å². The SMILES string of the molecule is CN(CC(=O)O)c1ccnc(-c2ccccn2)n1. The van der Waals surface area contributed by atoms with Gasteiger partial charge in [-0.15, -0.1) is 0 Å². The Morgan fingerprint density at radius 3 is 2.78 bits per heavy atom. The van der Waals surface area contributed by atoms with Crippen LogP contribution in [-0.2, 0) is 4.79 Å². The summed E-state index contributed by atoms with van der Waals surface area (Å²) in [5, 5.41) is 8.73. The minimum atomic E-state index is -0.907. The molecular formula is C12H12N4O2. The molecule has 0 saturated carbocycles. The summed E-state index contributed by atoms with van der Waals surface area (Å²) in [6, 6.07) is 7.12. The van der Waals surface area contributed by atoms with E-state index in [4.69, 9.17) is 5.11 Å². The topological polar surface area (TPSA) is 79.2 Å². The molecule has 2 aromatic heterocycles. The zero-order chi connectivity index (χ0) is 13.0. The summed E-state index contributed by atoms with van der Waals surface area (Å²) in [6.07, 6.45) is 3.25. The number of nitrogens with zero attached hydrogens (tertiary/aromatic N) is 4. The molecule has 0 aromatic carbocycles. The van der Waals surface area contributed by atoms with Gasteiger partial charge < -0.3 is 10.0 Å². The van der Waals surface area contributed by atoms with E-state index in [2.05, 4.69) is 15.0 Å². The van der Waals surface area contributed by atoms with Gasteiger partial charge in [0.25, 0.3) is 0 Å². The van der Waals surface area contributed by atoms with Gasteiger partial charge in [0.15, 0.2) is 5.82 Å². The van der Waals surface area contributed by atoms with E-state index in [9.17, 15) is 4.79 Å². The highest BCUT2D eigenvalue weighted by Gasteiger charge is 2.09. The first kappa shape index (κ1) is 12.0. The second kappa shape index (κ2) is 5.22. The third-order valence-electron chi connectivity index (χ3n) is 2.30. The van der Waals surface area contributed by atoms with Crippen LogP contribution >= 0.6 is 0 Å². The summed E-state index contributed by atoms with van der Waals surface area (Å²) < 4.78 is 0. The second-order valence-electron chi connectivity index (χ2n) is 3.70. The molecule has 0 radical (unpaired) electrons. The quantitative estimate of drug-likeness (QED) is 0.866. The van der Waals surface area contributed by atoms with Gasteiger partial charge in [0.2, 0.25) is 0 Å². The first-order chi connectivity index (χ1) is 8.66. The van der Waals surface area contributed by atoms with E-state index in [0.717, 1.165) is 0 Å². The van der Waals surface area contributed by atoms with Gasteiger partial charge >= 0.3 is 5.97 Å². The molecular weight excluding hydrogens is 232 g/mol. The van der Waals surface area contributed by atoms with E-state index in [-0.39, 0.29) is 6.54 Å². The van der Waals surface area contributed by atoms with E-state index in [1.54, 1.807) is 31.6 Å². The number of aliphatic carboxylic acids is 1. The van der Waals surface area contributed by atoms with Gasteiger partial charge in [-0.05, 0) is 18.2 Å². The summed E-state index contributed by atoms with van der Waals surface area (Å²) in [4.78, 5) is 24.7. The molecule has 2 rings (SSSR count). The minimum absolute atomic E-state index is 0.112. The predicted octanol–water partition coefficient (Wildman–Crippen LogP) is 1.06. The molecule has 6 nitrogen and oxygen atoms in total. The van der Waals surface area contributed by atoms with Gasteiger partial charge in [-0.3, -0.25) is 9.78 Å². The molecule has 6 heteroatoms. The number of aromatic nitrogens is 3. The average Bonchev–Trinajstić information content (AvgIpc) is 2.39. The van der Waals surface area contributed by atoms with Crippen LogP contribution in [-0.4, -0.2) is 39.6 Å². The second-order valence-corrected chi connectivity index (χ2v) is 3.70. The van der Waals surface area contributed by atoms with Crippen LogP contribution in [0.2, 0.25) is 0 Å². The molecule has 0 bridgehead atoms. The number of carboxylic acid groups (broad SMARTS) is 1. The molecule has 18 heavy (non-hydrogen) atoms. The van der Waals surface area contributed by atoms with Crippen molar-refractivity contribution in [3.8, 4) is 11.5 Å². The summed E-state index contributed by atoms with van der Waals surface area (Å²) in [5.41, 5.74) is 0.656. The molecule has 0 atom stereocenters. The smallest absolute Gasteiger partial charge is 0.323 e. The summed E-state index contributed by atoms with van der Waals surface area (Å²) >= 11 is 0. The molecule has 0 unspecified atom stereocenters. The molecule has 0 amide bonds. The Morgan fingerprint density at radius 1 is 1.28 bits per heavy atom. The van der Waals surface area contributed by atoms with E-state index < -0.39 is 5.97 Å². The normalized spacial score (nSPS) is 10.1. The number of rotatable bonds is 4. The van der Waals surface area contributed by atoms with Crippen molar-refractivity contribution in [2.45, 2.75) is 0 Å². The molecule has 0 aliphatic heterocycles. The largest absolute Gasteiger partial charge is 0.480 e. The van der Waals surface area contributed by atoms with Gasteiger partial charge in [0.05, 0.1) is 0 Å². The highest BCUT2D eigenvalue weighted by Crippen LogP contribution is 2.14. The van der Waals surface area contributed by atoms with Crippen molar-refractivity contribution in [2.75, 3.05) is 18.5 Å². The van der Waals surface area contributed by atoms with Crippen LogP contribution in [0.4, 0.5) is 5.82 Å². The third kappa shape index (κ3) is 2.79. The zero-order valence-corrected chi connectivity index (χ0v) is 9.82. The fourth-order valence-electron chi connectivity index (χ4n) is 1.46. The first-order valence-electron chi connectivity index (χ1n) is 5.34. The van der Waals surface area contributed by atoms with Crippen LogP contribution in [0.25, 0.3) is 11.5 Å². The molecule has 0 saturated heterocycles. The Labute approximate surface area is 104 Å². The van der Waals surface area contributed by atoms with Crippen LogP contribution in [0, 0.1) is 0 Å². The lowest BCUT2D eigenvalue weighted by Gasteiger charge is -2.15.